The predicted molar refractivity (Wildman–Crippen MR) is 92.7 cm³/mol. The lowest BCUT2D eigenvalue weighted by Crippen LogP contribution is -2.28. The van der Waals surface area contributed by atoms with Gasteiger partial charge in [-0.05, 0) is 42.2 Å². The number of nitrogens with one attached hydrogen (secondary N) is 1. The monoisotopic (exact) mass is 313 g/mol. The minimum atomic E-state index is 0.0924. The Hall–Kier alpha value is -1.61. The Kier molecular flexibility index (Phi) is 4.63. The van der Waals surface area contributed by atoms with Gasteiger partial charge in [0, 0.05) is 16.8 Å². The minimum Gasteiger partial charge on any atom is -0.351 e. The molecule has 0 spiro atoms. The molecule has 0 fully saturated rings. The summed E-state index contributed by atoms with van der Waals surface area (Å²) >= 11 is 1.75. The highest BCUT2D eigenvalue weighted by Crippen LogP contribution is 2.32. The van der Waals surface area contributed by atoms with Crippen molar-refractivity contribution >= 4 is 17.2 Å². The van der Waals surface area contributed by atoms with Gasteiger partial charge in [0.2, 0.25) is 0 Å². The molecule has 116 valence electrons. The van der Waals surface area contributed by atoms with Crippen molar-refractivity contribution in [1.29, 1.82) is 0 Å². The highest BCUT2D eigenvalue weighted by atomic mass is 32.1. The molecule has 1 amide bonds. The predicted octanol–water partition coefficient (Wildman–Crippen LogP) is 4.41. The van der Waals surface area contributed by atoms with Gasteiger partial charge in [0.05, 0.1) is 5.56 Å². The van der Waals surface area contributed by atoms with Crippen LogP contribution in [0.2, 0.25) is 0 Å². The molecular formula is C19H23NOS. The molecular weight excluding hydrogens is 290 g/mol. The van der Waals surface area contributed by atoms with Crippen molar-refractivity contribution in [2.24, 2.45) is 5.92 Å². The van der Waals surface area contributed by atoms with Crippen molar-refractivity contribution in [3.05, 3.63) is 57.3 Å². The second-order valence-electron chi connectivity index (χ2n) is 6.42. The van der Waals surface area contributed by atoms with Crippen molar-refractivity contribution in [3.63, 3.8) is 0 Å². The summed E-state index contributed by atoms with van der Waals surface area (Å²) in [6, 6.07) is 10.3. The molecule has 3 rings (SSSR count). The number of fused-ring (bicyclic) bond motifs is 1. The highest BCUT2D eigenvalue weighted by Gasteiger charge is 2.23. The number of rotatable bonds is 4. The van der Waals surface area contributed by atoms with E-state index in [-0.39, 0.29) is 5.91 Å². The Labute approximate surface area is 136 Å². The molecule has 0 unspecified atom stereocenters. The van der Waals surface area contributed by atoms with Gasteiger partial charge in [0.25, 0.3) is 5.91 Å². The maximum Gasteiger partial charge on any atom is 0.252 e. The lowest BCUT2D eigenvalue weighted by molar-refractivity contribution is 0.0951. The molecule has 1 aliphatic carbocycles. The smallest absolute Gasteiger partial charge is 0.252 e. The number of carbonyl (C=O) groups is 1. The number of hydrogen-bond acceptors (Lipinski definition) is 2. The highest BCUT2D eigenvalue weighted by molar-refractivity contribution is 7.10. The molecule has 1 N–H and O–H groups in total. The van der Waals surface area contributed by atoms with Crippen LogP contribution in [0.4, 0.5) is 0 Å². The van der Waals surface area contributed by atoms with E-state index in [1.807, 2.05) is 23.6 Å². The van der Waals surface area contributed by atoms with Gasteiger partial charge in [0.15, 0.2) is 0 Å². The maximum atomic E-state index is 12.5. The summed E-state index contributed by atoms with van der Waals surface area (Å²) in [7, 11) is 0. The van der Waals surface area contributed by atoms with E-state index in [1.54, 1.807) is 11.3 Å². The summed E-state index contributed by atoms with van der Waals surface area (Å²) < 4.78 is 0. The zero-order chi connectivity index (χ0) is 15.5. The largest absolute Gasteiger partial charge is 0.351 e. The number of hydrogen-bond donors (Lipinski definition) is 1. The quantitative estimate of drug-likeness (QED) is 0.890. The van der Waals surface area contributed by atoms with Crippen LogP contribution in [0.25, 0.3) is 0 Å². The van der Waals surface area contributed by atoms with Crippen LogP contribution >= 0.6 is 11.3 Å². The topological polar surface area (TPSA) is 29.1 Å². The van der Waals surface area contributed by atoms with E-state index >= 15 is 0 Å². The first-order valence-corrected chi connectivity index (χ1v) is 8.95. The van der Waals surface area contributed by atoms with Gasteiger partial charge < -0.3 is 5.32 Å². The fourth-order valence-corrected chi connectivity index (χ4v) is 4.35. The molecule has 2 nitrogen and oxygen atoms in total. The van der Waals surface area contributed by atoms with E-state index in [0.29, 0.717) is 12.5 Å². The Morgan fingerprint density at radius 2 is 2.14 bits per heavy atom. The Balaban J connectivity index is 1.63. The Morgan fingerprint density at radius 1 is 1.36 bits per heavy atom. The summed E-state index contributed by atoms with van der Waals surface area (Å²) in [5.74, 6) is 1.18. The fourth-order valence-electron chi connectivity index (χ4n) is 3.11. The molecule has 1 heterocycles. The van der Waals surface area contributed by atoms with Gasteiger partial charge in [-0.25, -0.2) is 0 Å². The molecule has 0 radical (unpaired) electrons. The van der Waals surface area contributed by atoms with Gasteiger partial charge in [0.1, 0.15) is 0 Å². The molecule has 0 saturated carbocycles. The van der Waals surface area contributed by atoms with Gasteiger partial charge in [-0.1, -0.05) is 44.2 Å². The van der Waals surface area contributed by atoms with Crippen LogP contribution in [0.15, 0.2) is 35.7 Å². The third-order valence-corrected chi connectivity index (χ3v) is 5.63. The number of amides is 1. The lowest BCUT2D eigenvalue weighted by atomic mass is 9.88. The van der Waals surface area contributed by atoms with Gasteiger partial charge in [-0.15, -0.1) is 11.3 Å². The third kappa shape index (κ3) is 3.25. The summed E-state index contributed by atoms with van der Waals surface area (Å²) in [4.78, 5) is 13.9. The minimum absolute atomic E-state index is 0.0924. The molecule has 3 heteroatoms. The summed E-state index contributed by atoms with van der Waals surface area (Å²) in [5, 5.41) is 5.16. The molecule has 0 saturated heterocycles. The van der Waals surface area contributed by atoms with Gasteiger partial charge in [-0.3, -0.25) is 4.79 Å². The SMILES string of the molecule is C[C@@H]1CCc2c(C(=O)NC[C@H](C)c3ccccc3)csc2C1. The molecule has 2 atom stereocenters. The summed E-state index contributed by atoms with van der Waals surface area (Å²) in [5.41, 5.74) is 3.48. The Morgan fingerprint density at radius 3 is 2.91 bits per heavy atom. The molecule has 0 bridgehead atoms. The van der Waals surface area contributed by atoms with Crippen molar-refractivity contribution < 1.29 is 4.79 Å². The fraction of sp³-hybridized carbons (Fsp3) is 0.421. The van der Waals surface area contributed by atoms with Crippen molar-refractivity contribution in [3.8, 4) is 0 Å². The van der Waals surface area contributed by atoms with Crippen LogP contribution in [-0.4, -0.2) is 12.5 Å². The number of thiophene rings is 1. The van der Waals surface area contributed by atoms with Crippen molar-refractivity contribution in [2.75, 3.05) is 6.54 Å². The first-order chi connectivity index (χ1) is 10.6. The lowest BCUT2D eigenvalue weighted by Gasteiger charge is -2.19. The zero-order valence-corrected chi connectivity index (χ0v) is 14.1. The molecule has 2 aromatic rings. The molecule has 22 heavy (non-hydrogen) atoms. The standard InChI is InChI=1S/C19H23NOS/c1-13-8-9-16-17(12-22-18(16)10-13)19(21)20-11-14(2)15-6-4-3-5-7-15/h3-7,12-14H,8-11H2,1-2H3,(H,20,21)/t13-,14+/m1/s1. The van der Waals surface area contributed by atoms with Crippen LogP contribution in [0.5, 0.6) is 0 Å². The second-order valence-corrected chi connectivity index (χ2v) is 7.39. The van der Waals surface area contributed by atoms with E-state index in [9.17, 15) is 4.79 Å². The van der Waals surface area contributed by atoms with Gasteiger partial charge in [-0.2, -0.15) is 0 Å². The zero-order valence-electron chi connectivity index (χ0n) is 13.3. The maximum absolute atomic E-state index is 12.5. The van der Waals surface area contributed by atoms with E-state index in [0.717, 1.165) is 24.3 Å². The number of benzene rings is 1. The number of carbonyl (C=O) groups excluding carboxylic acids is 1. The van der Waals surface area contributed by atoms with E-state index < -0.39 is 0 Å². The summed E-state index contributed by atoms with van der Waals surface area (Å²) in [6.45, 7) is 5.13. The summed E-state index contributed by atoms with van der Waals surface area (Å²) in [6.07, 6.45) is 3.38. The van der Waals surface area contributed by atoms with Crippen LogP contribution < -0.4 is 5.32 Å². The van der Waals surface area contributed by atoms with Crippen LogP contribution in [0.3, 0.4) is 0 Å². The Bertz CT molecular complexity index is 647. The third-order valence-electron chi connectivity index (χ3n) is 4.58. The average molecular weight is 313 g/mol. The van der Waals surface area contributed by atoms with E-state index in [2.05, 4.69) is 31.3 Å². The van der Waals surface area contributed by atoms with Crippen LogP contribution in [0, 0.1) is 5.92 Å². The molecule has 1 aliphatic rings. The van der Waals surface area contributed by atoms with E-state index in [4.69, 9.17) is 0 Å². The van der Waals surface area contributed by atoms with Crippen LogP contribution in [-0.2, 0) is 12.8 Å². The second kappa shape index (κ2) is 6.66. The first-order valence-electron chi connectivity index (χ1n) is 8.07. The van der Waals surface area contributed by atoms with Crippen LogP contribution in [0.1, 0.15) is 52.5 Å². The van der Waals surface area contributed by atoms with Crippen molar-refractivity contribution in [2.45, 2.75) is 39.0 Å². The molecule has 0 aliphatic heterocycles. The molecule has 1 aromatic heterocycles. The normalized spacial score (nSPS) is 18.5. The average Bonchev–Trinajstić information content (AvgIpc) is 2.96. The van der Waals surface area contributed by atoms with E-state index in [1.165, 1.54) is 22.4 Å². The van der Waals surface area contributed by atoms with Crippen molar-refractivity contribution in [1.82, 2.24) is 5.32 Å². The first kappa shape index (κ1) is 15.3. The molecule has 1 aromatic carbocycles. The van der Waals surface area contributed by atoms with Gasteiger partial charge >= 0.3 is 0 Å².